The minimum atomic E-state index is -3.16. The van der Waals surface area contributed by atoms with E-state index in [9.17, 15) is 14.0 Å². The van der Waals surface area contributed by atoms with Crippen LogP contribution in [0.15, 0.2) is 62.0 Å². The van der Waals surface area contributed by atoms with Crippen LogP contribution in [0.5, 0.6) is 0 Å². The fourth-order valence-electron chi connectivity index (χ4n) is 3.73. The topological polar surface area (TPSA) is 105 Å². The highest BCUT2D eigenvalue weighted by molar-refractivity contribution is 5.70. The van der Waals surface area contributed by atoms with E-state index in [1.54, 1.807) is 12.1 Å². The van der Waals surface area contributed by atoms with Crippen molar-refractivity contribution in [1.29, 1.82) is 5.26 Å². The number of nitrogens with one attached hydrogen (secondary N) is 2. The quantitative estimate of drug-likeness (QED) is 0.265. The summed E-state index contributed by atoms with van der Waals surface area (Å²) < 4.78 is 30.7. The summed E-state index contributed by atoms with van der Waals surface area (Å²) in [6.07, 6.45) is 7.08. The summed E-state index contributed by atoms with van der Waals surface area (Å²) in [6, 6.07) is 9.03. The maximum absolute atomic E-state index is 14.7. The number of aromatic nitrogens is 3. The average molecular weight is 584 g/mol. The van der Waals surface area contributed by atoms with Gasteiger partial charge in [-0.2, -0.15) is 19.1 Å². The third-order valence-corrected chi connectivity index (χ3v) is 5.23. The lowest BCUT2D eigenvalue weighted by molar-refractivity contribution is 0.0108. The van der Waals surface area contributed by atoms with Gasteiger partial charge in [0.1, 0.15) is 17.6 Å². The number of fused-ring (bicyclic) bond motifs is 1. The molecule has 0 bridgehead atoms. The third kappa shape index (κ3) is 11.9. The van der Waals surface area contributed by atoms with Crippen LogP contribution in [0.2, 0.25) is 0 Å². The number of nitrogens with zero attached hydrogens (tertiary/aromatic N) is 4. The van der Waals surface area contributed by atoms with Crippen LogP contribution in [0, 0.1) is 11.3 Å². The Kier molecular flexibility index (Phi) is 21.8. The van der Waals surface area contributed by atoms with Crippen molar-refractivity contribution in [2.75, 3.05) is 25.9 Å². The molecule has 1 aromatic carbocycles. The Morgan fingerprint density at radius 1 is 1.17 bits per heavy atom. The van der Waals surface area contributed by atoms with Crippen molar-refractivity contribution in [3.05, 3.63) is 84.4 Å². The molecule has 0 fully saturated rings. The van der Waals surface area contributed by atoms with Crippen LogP contribution in [0.4, 0.5) is 14.6 Å². The molecule has 232 valence electrons. The highest BCUT2D eigenvalue weighted by Gasteiger charge is 2.34. The van der Waals surface area contributed by atoms with E-state index in [0.29, 0.717) is 17.8 Å². The van der Waals surface area contributed by atoms with Crippen LogP contribution >= 0.6 is 0 Å². The number of anilines is 1. The molecular weight excluding hydrogens is 532 g/mol. The van der Waals surface area contributed by atoms with Gasteiger partial charge < -0.3 is 16.4 Å². The van der Waals surface area contributed by atoms with Gasteiger partial charge in [0, 0.05) is 37.3 Å². The molecule has 42 heavy (non-hydrogen) atoms. The van der Waals surface area contributed by atoms with Gasteiger partial charge in [-0.25, -0.2) is 9.67 Å². The fraction of sp³-hybridized carbons (Fsp3) is 0.424. The monoisotopic (exact) mass is 583 g/mol. The summed E-state index contributed by atoms with van der Waals surface area (Å²) in [5.41, 5.74) is 8.89. The molecule has 0 aliphatic carbocycles. The molecule has 0 unspecified atom stereocenters. The number of pyridine rings is 1. The van der Waals surface area contributed by atoms with Gasteiger partial charge in [0.25, 0.3) is 5.92 Å². The highest BCUT2D eigenvalue weighted by atomic mass is 19.3. The fourth-order valence-corrected chi connectivity index (χ4v) is 3.73. The Hall–Kier alpha value is -3.87. The van der Waals surface area contributed by atoms with Gasteiger partial charge in [-0.05, 0) is 50.2 Å². The molecule has 3 aromatic rings. The second-order valence-electron chi connectivity index (χ2n) is 8.07. The van der Waals surface area contributed by atoms with E-state index >= 15 is 0 Å². The molecule has 0 saturated heterocycles. The predicted octanol–water partition coefficient (Wildman–Crippen LogP) is 7.81. The molecule has 0 atom stereocenters. The molecule has 0 radical (unpaired) electrons. The number of rotatable bonds is 5. The van der Waals surface area contributed by atoms with Gasteiger partial charge >= 0.3 is 0 Å². The minimum absolute atomic E-state index is 0.0630. The Bertz CT molecular complexity index is 1220. The zero-order valence-corrected chi connectivity index (χ0v) is 27.0. The van der Waals surface area contributed by atoms with Crippen molar-refractivity contribution in [3.63, 3.8) is 0 Å². The van der Waals surface area contributed by atoms with E-state index in [1.807, 2.05) is 79.8 Å². The number of nitrogens with two attached hydrogens (primary N) is 1. The first-order valence-electron chi connectivity index (χ1n) is 14.5. The molecule has 7 nitrogen and oxygen atoms in total. The van der Waals surface area contributed by atoms with Gasteiger partial charge in [0.15, 0.2) is 0 Å². The van der Waals surface area contributed by atoms with Crippen molar-refractivity contribution in [2.24, 2.45) is 0 Å². The number of halogens is 2. The van der Waals surface area contributed by atoms with Crippen molar-refractivity contribution in [3.8, 4) is 22.9 Å². The van der Waals surface area contributed by atoms with E-state index in [2.05, 4.69) is 33.9 Å². The van der Waals surface area contributed by atoms with Crippen LogP contribution in [0.3, 0.4) is 0 Å². The molecule has 0 saturated carbocycles. The van der Waals surface area contributed by atoms with E-state index in [1.165, 1.54) is 23.1 Å². The molecule has 1 aliphatic rings. The lowest BCUT2D eigenvalue weighted by Gasteiger charge is -2.22. The van der Waals surface area contributed by atoms with E-state index in [-0.39, 0.29) is 22.6 Å². The number of likely N-dealkylation sites (N-methyl/N-ethyl adjacent to an activating group) is 1. The molecule has 0 spiro atoms. The second-order valence-corrected chi connectivity index (χ2v) is 8.07. The number of benzene rings is 1. The predicted molar refractivity (Wildman–Crippen MR) is 175 cm³/mol. The molecular formula is C33H51F2N7. The summed E-state index contributed by atoms with van der Waals surface area (Å²) in [5.74, 6) is -3.09. The smallest absolute Gasteiger partial charge is 0.287 e. The molecule has 2 aromatic heterocycles. The van der Waals surface area contributed by atoms with Crippen LogP contribution in [-0.2, 0) is 18.9 Å². The van der Waals surface area contributed by atoms with Crippen molar-refractivity contribution < 1.29 is 8.78 Å². The molecule has 3 heterocycles. The van der Waals surface area contributed by atoms with Crippen LogP contribution in [0.25, 0.3) is 16.8 Å². The van der Waals surface area contributed by atoms with Crippen molar-refractivity contribution >= 4 is 5.82 Å². The summed E-state index contributed by atoms with van der Waals surface area (Å²) in [7, 11) is 1.89. The summed E-state index contributed by atoms with van der Waals surface area (Å²) in [6.45, 7) is 24.0. The standard InChI is InChI=1S/C20H18F2N6.C4H9N.C3H6.3C2H6/c1-20(21,22)18-16(14-7-13(8-23)19(24)26-10-14)11-27-28(18)17-4-2-3-12-9-25-6-5-15(12)17;1-3-4-5-2;1-3-2;3*1-2/h2-4,7,10-11,25H,5-6,9H2,1H3,(H2,24,26);3,5H,1,4H2,2H3;3H,1H2,2H3;3*1-2H3. The normalized spacial score (nSPS) is 10.8. The summed E-state index contributed by atoms with van der Waals surface area (Å²) in [5, 5.41) is 19.7. The molecule has 4 N–H and O–H groups in total. The third-order valence-electron chi connectivity index (χ3n) is 5.23. The van der Waals surface area contributed by atoms with Crippen LogP contribution < -0.4 is 16.4 Å². The number of hydrogen-bond acceptors (Lipinski definition) is 6. The number of nitriles is 1. The Morgan fingerprint density at radius 3 is 2.29 bits per heavy atom. The Morgan fingerprint density at radius 2 is 1.79 bits per heavy atom. The Labute approximate surface area is 252 Å². The number of allylic oxidation sites excluding steroid dienone is 1. The molecule has 9 heteroatoms. The largest absolute Gasteiger partial charge is 0.383 e. The maximum atomic E-state index is 14.7. The van der Waals surface area contributed by atoms with Crippen LogP contribution in [-0.4, -0.2) is 34.9 Å². The van der Waals surface area contributed by atoms with Crippen LogP contribution in [0.1, 0.15) is 77.8 Å². The Balaban J connectivity index is 0. The van der Waals surface area contributed by atoms with E-state index < -0.39 is 5.92 Å². The average Bonchev–Trinajstić information content (AvgIpc) is 3.47. The number of hydrogen-bond donors (Lipinski definition) is 3. The lowest BCUT2D eigenvalue weighted by atomic mass is 9.98. The first kappa shape index (κ1) is 40.3. The molecule has 4 rings (SSSR count). The second kappa shape index (κ2) is 22.8. The minimum Gasteiger partial charge on any atom is -0.383 e. The van der Waals surface area contributed by atoms with Crippen molar-refractivity contribution in [2.45, 2.75) is 74.3 Å². The zero-order valence-electron chi connectivity index (χ0n) is 27.0. The number of nitrogen functional groups attached to an aromatic ring is 1. The van der Waals surface area contributed by atoms with E-state index in [0.717, 1.165) is 37.6 Å². The summed E-state index contributed by atoms with van der Waals surface area (Å²) in [4.78, 5) is 3.97. The highest BCUT2D eigenvalue weighted by Crippen LogP contribution is 2.38. The van der Waals surface area contributed by atoms with Gasteiger partial charge in [0.2, 0.25) is 0 Å². The SMILES string of the molecule is C=CC.C=CCNC.CC.CC.CC.CC(F)(F)c1c(-c2cnc(N)c(C#N)c2)cnn1-c1cccc2c1CCNC2. The number of alkyl halides is 2. The molecule has 1 aliphatic heterocycles. The zero-order chi connectivity index (χ0) is 32.7. The van der Waals surface area contributed by atoms with Crippen molar-refractivity contribution in [1.82, 2.24) is 25.4 Å². The van der Waals surface area contributed by atoms with Gasteiger partial charge in [-0.15, -0.1) is 13.2 Å². The van der Waals surface area contributed by atoms with Gasteiger partial charge in [-0.3, -0.25) is 0 Å². The van der Waals surface area contributed by atoms with Gasteiger partial charge in [0.05, 0.1) is 17.4 Å². The first-order chi connectivity index (χ1) is 20.2. The van der Waals surface area contributed by atoms with Gasteiger partial charge in [-0.1, -0.05) is 65.8 Å². The van der Waals surface area contributed by atoms with E-state index in [4.69, 9.17) is 5.73 Å². The molecule has 0 amide bonds. The maximum Gasteiger partial charge on any atom is 0.287 e. The summed E-state index contributed by atoms with van der Waals surface area (Å²) >= 11 is 0. The first-order valence-corrected chi connectivity index (χ1v) is 14.5. The lowest BCUT2D eigenvalue weighted by Crippen LogP contribution is -2.26.